The Morgan fingerprint density at radius 2 is 2.39 bits per heavy atom. The lowest BCUT2D eigenvalue weighted by Crippen LogP contribution is -2.58. The number of pyridine rings is 1. The zero-order valence-corrected chi connectivity index (χ0v) is 14.1. The lowest BCUT2D eigenvalue weighted by molar-refractivity contribution is -0.146. The number of nitrogens with zero attached hydrogens (tertiary/aromatic N) is 2. The summed E-state index contributed by atoms with van der Waals surface area (Å²) in [5, 5.41) is 0. The van der Waals surface area contributed by atoms with E-state index in [1.54, 1.807) is 6.07 Å². The van der Waals surface area contributed by atoms with Crippen molar-refractivity contribution in [3.8, 4) is 0 Å². The molecule has 5 heteroatoms. The molecule has 1 aromatic heterocycles. The Morgan fingerprint density at radius 3 is 3.17 bits per heavy atom. The van der Waals surface area contributed by atoms with E-state index in [-0.39, 0.29) is 17.4 Å². The molecular weight excluding hydrogens is 292 g/mol. The van der Waals surface area contributed by atoms with Gasteiger partial charge in [0, 0.05) is 37.4 Å². The van der Waals surface area contributed by atoms with Crippen molar-refractivity contribution >= 4 is 5.91 Å². The first-order chi connectivity index (χ1) is 11.1. The Bertz CT molecular complexity index is 563. The second-order valence-electron chi connectivity index (χ2n) is 6.64. The zero-order valence-electron chi connectivity index (χ0n) is 14.1. The van der Waals surface area contributed by atoms with Gasteiger partial charge in [-0.3, -0.25) is 4.79 Å². The van der Waals surface area contributed by atoms with Gasteiger partial charge in [-0.1, -0.05) is 6.07 Å². The van der Waals surface area contributed by atoms with Gasteiger partial charge in [0.1, 0.15) is 5.69 Å². The molecule has 2 fully saturated rings. The number of piperidine rings is 1. The Kier molecular flexibility index (Phi) is 4.97. The molecule has 23 heavy (non-hydrogen) atoms. The predicted molar refractivity (Wildman–Crippen MR) is 87.4 cm³/mol. The van der Waals surface area contributed by atoms with Gasteiger partial charge >= 0.3 is 0 Å². The Balaban J connectivity index is 1.78. The van der Waals surface area contributed by atoms with E-state index in [4.69, 9.17) is 9.47 Å². The SMILES string of the molecule is CCOCC12CCCOC1CCN(C(=O)c1cccc(C)n1)C2. The van der Waals surface area contributed by atoms with Crippen molar-refractivity contribution in [2.75, 3.05) is 32.9 Å². The van der Waals surface area contributed by atoms with Crippen LogP contribution in [-0.4, -0.2) is 54.8 Å². The van der Waals surface area contributed by atoms with Crippen LogP contribution in [0.2, 0.25) is 0 Å². The fraction of sp³-hybridized carbons (Fsp3) is 0.667. The van der Waals surface area contributed by atoms with Crippen molar-refractivity contribution in [2.45, 2.75) is 39.2 Å². The molecule has 3 heterocycles. The summed E-state index contributed by atoms with van der Waals surface area (Å²) in [4.78, 5) is 19.1. The molecule has 3 rings (SSSR count). The second-order valence-corrected chi connectivity index (χ2v) is 6.64. The van der Waals surface area contributed by atoms with Gasteiger partial charge in [0.05, 0.1) is 12.7 Å². The lowest BCUT2D eigenvalue weighted by Gasteiger charge is -2.50. The van der Waals surface area contributed by atoms with E-state index >= 15 is 0 Å². The number of fused-ring (bicyclic) bond motifs is 1. The molecule has 2 saturated heterocycles. The number of carbonyl (C=O) groups is 1. The van der Waals surface area contributed by atoms with Crippen molar-refractivity contribution < 1.29 is 14.3 Å². The second kappa shape index (κ2) is 6.97. The molecule has 126 valence electrons. The summed E-state index contributed by atoms with van der Waals surface area (Å²) in [6, 6.07) is 5.60. The molecule has 0 spiro atoms. The number of hydrogen-bond donors (Lipinski definition) is 0. The first kappa shape index (κ1) is 16.4. The average molecular weight is 318 g/mol. The first-order valence-electron chi connectivity index (χ1n) is 8.57. The third kappa shape index (κ3) is 3.40. The van der Waals surface area contributed by atoms with Gasteiger partial charge < -0.3 is 14.4 Å². The molecule has 0 aromatic carbocycles. The molecule has 5 nitrogen and oxygen atoms in total. The van der Waals surface area contributed by atoms with Gasteiger partial charge in [-0.2, -0.15) is 0 Å². The standard InChI is InChI=1S/C18H26N2O3/c1-3-22-13-18-9-5-11-23-16(18)8-10-20(12-18)17(21)15-7-4-6-14(2)19-15/h4,6-7,16H,3,5,8-13H2,1-2H3. The Labute approximate surface area is 138 Å². The highest BCUT2D eigenvalue weighted by Crippen LogP contribution is 2.40. The molecule has 0 N–H and O–H groups in total. The van der Waals surface area contributed by atoms with Gasteiger partial charge in [0.15, 0.2) is 0 Å². The van der Waals surface area contributed by atoms with Crippen LogP contribution in [-0.2, 0) is 9.47 Å². The predicted octanol–water partition coefficient (Wildman–Crippen LogP) is 2.44. The normalized spacial score (nSPS) is 27.6. The van der Waals surface area contributed by atoms with Crippen molar-refractivity contribution in [2.24, 2.45) is 5.41 Å². The molecule has 0 radical (unpaired) electrons. The molecule has 2 unspecified atom stereocenters. The van der Waals surface area contributed by atoms with Crippen LogP contribution in [0, 0.1) is 12.3 Å². The highest BCUT2D eigenvalue weighted by Gasteiger charge is 2.47. The summed E-state index contributed by atoms with van der Waals surface area (Å²) < 4.78 is 11.8. The van der Waals surface area contributed by atoms with Crippen LogP contribution in [0.25, 0.3) is 0 Å². The maximum Gasteiger partial charge on any atom is 0.272 e. The van der Waals surface area contributed by atoms with Crippen molar-refractivity contribution in [1.82, 2.24) is 9.88 Å². The van der Waals surface area contributed by atoms with E-state index in [0.717, 1.165) is 38.1 Å². The largest absolute Gasteiger partial charge is 0.381 e. The monoisotopic (exact) mass is 318 g/mol. The summed E-state index contributed by atoms with van der Waals surface area (Å²) in [6.07, 6.45) is 3.18. The van der Waals surface area contributed by atoms with Gasteiger partial charge in [-0.05, 0) is 45.2 Å². The van der Waals surface area contributed by atoms with Crippen LogP contribution >= 0.6 is 0 Å². The van der Waals surface area contributed by atoms with Crippen LogP contribution in [0.4, 0.5) is 0 Å². The Morgan fingerprint density at radius 1 is 1.52 bits per heavy atom. The van der Waals surface area contributed by atoms with Crippen LogP contribution < -0.4 is 0 Å². The third-order valence-corrected chi connectivity index (χ3v) is 4.98. The van der Waals surface area contributed by atoms with Gasteiger partial charge in [0.2, 0.25) is 0 Å². The van der Waals surface area contributed by atoms with Gasteiger partial charge in [-0.25, -0.2) is 4.98 Å². The number of likely N-dealkylation sites (tertiary alicyclic amines) is 1. The molecule has 2 aliphatic heterocycles. The molecule has 0 bridgehead atoms. The minimum absolute atomic E-state index is 0.0218. The minimum atomic E-state index is -0.0635. The maximum absolute atomic E-state index is 12.8. The molecule has 0 saturated carbocycles. The highest BCUT2D eigenvalue weighted by atomic mass is 16.5. The highest BCUT2D eigenvalue weighted by molar-refractivity contribution is 5.92. The summed E-state index contributed by atoms with van der Waals surface area (Å²) in [5.74, 6) is 0.0218. The number of ether oxygens (including phenoxy) is 2. The van der Waals surface area contributed by atoms with E-state index in [9.17, 15) is 4.79 Å². The summed E-state index contributed by atoms with van der Waals surface area (Å²) in [6.45, 7) is 7.54. The van der Waals surface area contributed by atoms with Gasteiger partial charge in [0.25, 0.3) is 5.91 Å². The van der Waals surface area contributed by atoms with Crippen LogP contribution in [0.1, 0.15) is 42.4 Å². The number of carbonyl (C=O) groups excluding carboxylic acids is 1. The summed E-state index contributed by atoms with van der Waals surface area (Å²) in [7, 11) is 0. The third-order valence-electron chi connectivity index (χ3n) is 4.98. The summed E-state index contributed by atoms with van der Waals surface area (Å²) in [5.41, 5.74) is 1.34. The van der Waals surface area contributed by atoms with E-state index in [1.807, 2.05) is 30.9 Å². The van der Waals surface area contributed by atoms with Crippen molar-refractivity contribution in [3.05, 3.63) is 29.6 Å². The van der Waals surface area contributed by atoms with E-state index in [1.165, 1.54) is 0 Å². The molecule has 2 aliphatic rings. The van der Waals surface area contributed by atoms with Crippen LogP contribution in [0.15, 0.2) is 18.2 Å². The van der Waals surface area contributed by atoms with Crippen molar-refractivity contribution in [1.29, 1.82) is 0 Å². The molecular formula is C18H26N2O3. The Hall–Kier alpha value is -1.46. The minimum Gasteiger partial charge on any atom is -0.381 e. The van der Waals surface area contributed by atoms with E-state index < -0.39 is 0 Å². The average Bonchev–Trinajstić information content (AvgIpc) is 2.59. The van der Waals surface area contributed by atoms with E-state index in [0.29, 0.717) is 25.5 Å². The smallest absolute Gasteiger partial charge is 0.272 e. The van der Waals surface area contributed by atoms with Gasteiger partial charge in [-0.15, -0.1) is 0 Å². The van der Waals surface area contributed by atoms with Crippen LogP contribution in [0.3, 0.4) is 0 Å². The van der Waals surface area contributed by atoms with E-state index in [2.05, 4.69) is 4.98 Å². The topological polar surface area (TPSA) is 51.7 Å². The first-order valence-corrected chi connectivity index (χ1v) is 8.57. The maximum atomic E-state index is 12.8. The molecule has 1 amide bonds. The molecule has 1 aromatic rings. The number of rotatable bonds is 4. The number of aryl methyl sites for hydroxylation is 1. The quantitative estimate of drug-likeness (QED) is 0.855. The fourth-order valence-electron chi connectivity index (χ4n) is 3.80. The van der Waals surface area contributed by atoms with Crippen molar-refractivity contribution in [3.63, 3.8) is 0 Å². The fourth-order valence-corrected chi connectivity index (χ4v) is 3.80. The van der Waals surface area contributed by atoms with Crippen LogP contribution in [0.5, 0.6) is 0 Å². The molecule has 2 atom stereocenters. The summed E-state index contributed by atoms with van der Waals surface area (Å²) >= 11 is 0. The number of aromatic nitrogens is 1. The zero-order chi connectivity index (χ0) is 16.3. The lowest BCUT2D eigenvalue weighted by atomic mass is 9.73. The number of amides is 1. The number of hydrogen-bond acceptors (Lipinski definition) is 4. The molecule has 0 aliphatic carbocycles.